The maximum absolute atomic E-state index is 12.7. The molecule has 0 N–H and O–H groups in total. The van der Waals surface area contributed by atoms with Crippen LogP contribution in [0.25, 0.3) is 0 Å². The van der Waals surface area contributed by atoms with E-state index in [0.29, 0.717) is 24.7 Å². The van der Waals surface area contributed by atoms with Crippen molar-refractivity contribution in [1.82, 2.24) is 0 Å². The van der Waals surface area contributed by atoms with E-state index >= 15 is 0 Å². The van der Waals surface area contributed by atoms with Crippen molar-refractivity contribution in [2.45, 2.75) is 71.4 Å². The fourth-order valence-electron chi connectivity index (χ4n) is 3.31. The third-order valence-corrected chi connectivity index (χ3v) is 4.16. The highest BCUT2D eigenvalue weighted by Crippen LogP contribution is 2.44. The van der Waals surface area contributed by atoms with Gasteiger partial charge in [0, 0.05) is 0 Å². The first kappa shape index (κ1) is 14.8. The summed E-state index contributed by atoms with van der Waals surface area (Å²) in [4.78, 5) is 0. The second-order valence-electron chi connectivity index (χ2n) is 5.50. The van der Waals surface area contributed by atoms with Crippen molar-refractivity contribution in [1.29, 1.82) is 0 Å². The molecule has 1 fully saturated rings. The van der Waals surface area contributed by atoms with E-state index < -0.39 is 12.1 Å². The van der Waals surface area contributed by atoms with Crippen molar-refractivity contribution >= 4 is 0 Å². The van der Waals surface area contributed by atoms with Gasteiger partial charge in [-0.2, -0.15) is 13.2 Å². The van der Waals surface area contributed by atoms with E-state index in [1.807, 2.05) is 0 Å². The fraction of sp³-hybridized carbons (Fsp3) is 1.00. The van der Waals surface area contributed by atoms with Crippen LogP contribution in [0.3, 0.4) is 0 Å². The van der Waals surface area contributed by atoms with Crippen LogP contribution in [0, 0.1) is 17.8 Å². The third kappa shape index (κ3) is 4.51. The molecule has 1 aliphatic rings. The predicted molar refractivity (Wildman–Crippen MR) is 64.8 cm³/mol. The van der Waals surface area contributed by atoms with Gasteiger partial charge >= 0.3 is 6.18 Å². The van der Waals surface area contributed by atoms with Gasteiger partial charge < -0.3 is 0 Å². The van der Waals surface area contributed by atoms with E-state index in [1.165, 1.54) is 0 Å². The number of hydrogen-bond acceptors (Lipinski definition) is 0. The Morgan fingerprint density at radius 3 is 2.12 bits per heavy atom. The highest BCUT2D eigenvalue weighted by molar-refractivity contribution is 4.81. The van der Waals surface area contributed by atoms with Crippen LogP contribution in [0.4, 0.5) is 13.2 Å². The first-order chi connectivity index (χ1) is 7.99. The molecular weight excluding hydrogens is 225 g/mol. The molecule has 0 heterocycles. The van der Waals surface area contributed by atoms with Crippen molar-refractivity contribution in [3.8, 4) is 0 Å². The Morgan fingerprint density at radius 1 is 1.06 bits per heavy atom. The monoisotopic (exact) mass is 250 g/mol. The molecule has 0 bridgehead atoms. The zero-order chi connectivity index (χ0) is 12.9. The van der Waals surface area contributed by atoms with Crippen LogP contribution in [0.1, 0.15) is 65.2 Å². The fourth-order valence-corrected chi connectivity index (χ4v) is 3.31. The summed E-state index contributed by atoms with van der Waals surface area (Å²) in [6.45, 7) is 4.26. The number of hydrogen-bond donors (Lipinski definition) is 0. The van der Waals surface area contributed by atoms with Gasteiger partial charge in [0.25, 0.3) is 0 Å². The van der Waals surface area contributed by atoms with Gasteiger partial charge in [-0.1, -0.05) is 52.4 Å². The summed E-state index contributed by atoms with van der Waals surface area (Å²) >= 11 is 0. The van der Waals surface area contributed by atoms with E-state index in [4.69, 9.17) is 0 Å². The van der Waals surface area contributed by atoms with E-state index in [0.717, 1.165) is 38.5 Å². The zero-order valence-electron chi connectivity index (χ0n) is 11.0. The molecule has 0 radical (unpaired) electrons. The quantitative estimate of drug-likeness (QED) is 0.598. The van der Waals surface area contributed by atoms with Gasteiger partial charge in [-0.15, -0.1) is 0 Å². The Balaban J connectivity index is 2.57. The number of rotatable bonds is 5. The molecule has 1 aliphatic carbocycles. The summed E-state index contributed by atoms with van der Waals surface area (Å²) < 4.78 is 38.2. The van der Waals surface area contributed by atoms with E-state index in [9.17, 15) is 13.2 Å². The average molecular weight is 250 g/mol. The van der Waals surface area contributed by atoms with Gasteiger partial charge in [-0.3, -0.25) is 0 Å². The molecule has 0 aromatic carbocycles. The summed E-state index contributed by atoms with van der Waals surface area (Å²) in [5.41, 5.74) is 0. The maximum Gasteiger partial charge on any atom is 0.391 e. The summed E-state index contributed by atoms with van der Waals surface area (Å²) in [6, 6.07) is 0. The molecule has 0 spiro atoms. The van der Waals surface area contributed by atoms with Crippen LogP contribution >= 0.6 is 0 Å². The van der Waals surface area contributed by atoms with Crippen molar-refractivity contribution in [3.63, 3.8) is 0 Å². The van der Waals surface area contributed by atoms with Gasteiger partial charge in [0.15, 0.2) is 0 Å². The lowest BCUT2D eigenvalue weighted by molar-refractivity contribution is -0.187. The molecule has 0 aliphatic heterocycles. The second-order valence-corrected chi connectivity index (χ2v) is 5.50. The molecule has 2 atom stereocenters. The Morgan fingerprint density at radius 2 is 1.65 bits per heavy atom. The van der Waals surface area contributed by atoms with Gasteiger partial charge in [0.1, 0.15) is 0 Å². The molecule has 1 unspecified atom stereocenters. The number of alkyl halides is 3. The molecule has 1 rings (SSSR count). The van der Waals surface area contributed by atoms with Crippen LogP contribution < -0.4 is 0 Å². The lowest BCUT2D eigenvalue weighted by Crippen LogP contribution is -2.31. The van der Waals surface area contributed by atoms with Gasteiger partial charge in [0.05, 0.1) is 5.92 Å². The number of halogens is 3. The SMILES string of the molecule is CCCC(CCC)C1CCC[C@@H](C(F)(F)F)C1. The highest BCUT2D eigenvalue weighted by Gasteiger charge is 2.43. The first-order valence-electron chi connectivity index (χ1n) is 7.05. The zero-order valence-corrected chi connectivity index (χ0v) is 11.0. The summed E-state index contributed by atoms with van der Waals surface area (Å²) in [7, 11) is 0. The molecule has 0 saturated heterocycles. The van der Waals surface area contributed by atoms with Crippen LogP contribution in [0.5, 0.6) is 0 Å². The minimum absolute atomic E-state index is 0.315. The lowest BCUT2D eigenvalue weighted by atomic mass is 9.72. The normalized spacial score (nSPS) is 26.5. The molecule has 0 aromatic heterocycles. The maximum atomic E-state index is 12.7. The first-order valence-corrected chi connectivity index (χ1v) is 7.05. The minimum atomic E-state index is -3.97. The molecule has 0 amide bonds. The van der Waals surface area contributed by atoms with E-state index in [1.54, 1.807) is 0 Å². The molecule has 0 aromatic rings. The third-order valence-electron chi connectivity index (χ3n) is 4.16. The lowest BCUT2D eigenvalue weighted by Gasteiger charge is -2.35. The van der Waals surface area contributed by atoms with Crippen LogP contribution in [0.15, 0.2) is 0 Å². The van der Waals surface area contributed by atoms with Crippen LogP contribution in [-0.4, -0.2) is 6.18 Å². The minimum Gasteiger partial charge on any atom is -0.171 e. The van der Waals surface area contributed by atoms with Crippen LogP contribution in [0.2, 0.25) is 0 Å². The molecule has 102 valence electrons. The van der Waals surface area contributed by atoms with E-state index in [2.05, 4.69) is 13.8 Å². The second kappa shape index (κ2) is 6.65. The Labute approximate surface area is 103 Å². The molecular formula is C14H25F3. The van der Waals surface area contributed by atoms with Crippen LogP contribution in [-0.2, 0) is 0 Å². The molecule has 17 heavy (non-hydrogen) atoms. The van der Waals surface area contributed by atoms with Crippen molar-refractivity contribution in [2.24, 2.45) is 17.8 Å². The molecule has 1 saturated carbocycles. The Hall–Kier alpha value is -0.210. The van der Waals surface area contributed by atoms with Crippen molar-refractivity contribution < 1.29 is 13.2 Å². The predicted octanol–water partition coefficient (Wildman–Crippen LogP) is 5.57. The Kier molecular flexibility index (Phi) is 5.81. The highest BCUT2D eigenvalue weighted by atomic mass is 19.4. The topological polar surface area (TPSA) is 0 Å². The molecule has 3 heteroatoms. The largest absolute Gasteiger partial charge is 0.391 e. The standard InChI is InChI=1S/C14H25F3/c1-3-6-11(7-4-2)12-8-5-9-13(10-12)14(15,16)17/h11-13H,3-10H2,1-2H3/t12?,13-/m1/s1. The summed E-state index contributed by atoms with van der Waals surface area (Å²) in [6.07, 6.45) is 2.93. The smallest absolute Gasteiger partial charge is 0.171 e. The van der Waals surface area contributed by atoms with Gasteiger partial charge in [-0.05, 0) is 24.7 Å². The summed E-state index contributed by atoms with van der Waals surface area (Å²) in [5.74, 6) is -0.192. The van der Waals surface area contributed by atoms with Crippen molar-refractivity contribution in [2.75, 3.05) is 0 Å². The molecule has 0 nitrogen and oxygen atoms in total. The van der Waals surface area contributed by atoms with Gasteiger partial charge in [-0.25, -0.2) is 0 Å². The average Bonchev–Trinajstić information content (AvgIpc) is 2.28. The van der Waals surface area contributed by atoms with E-state index in [-0.39, 0.29) is 0 Å². The van der Waals surface area contributed by atoms with Gasteiger partial charge in [0.2, 0.25) is 0 Å². The Bertz CT molecular complexity index is 204. The summed E-state index contributed by atoms with van der Waals surface area (Å²) in [5, 5.41) is 0. The van der Waals surface area contributed by atoms with Crippen molar-refractivity contribution in [3.05, 3.63) is 0 Å².